The van der Waals surface area contributed by atoms with Crippen molar-refractivity contribution >= 4 is 5.97 Å². The average Bonchev–Trinajstić information content (AvgIpc) is 2.84. The van der Waals surface area contributed by atoms with Crippen molar-refractivity contribution in [1.29, 1.82) is 0 Å². The Balaban J connectivity index is 2.62. The fraction of sp³-hybridized carbons (Fsp3) is 0.500. The summed E-state index contributed by atoms with van der Waals surface area (Å²) in [6.07, 6.45) is 1.07. The lowest BCUT2D eigenvalue weighted by molar-refractivity contribution is -0.100. The van der Waals surface area contributed by atoms with Crippen molar-refractivity contribution in [3.63, 3.8) is 0 Å². The molecule has 0 spiro atoms. The minimum absolute atomic E-state index is 0.294. The van der Waals surface area contributed by atoms with Gasteiger partial charge in [-0.1, -0.05) is 5.57 Å². The van der Waals surface area contributed by atoms with Crippen LogP contribution in [0.4, 0.5) is 0 Å². The maximum atomic E-state index is 12.3. The lowest BCUT2D eigenvalue weighted by Gasteiger charge is -2.20. The van der Waals surface area contributed by atoms with Gasteiger partial charge in [0.05, 0.1) is 13.7 Å². The maximum absolute atomic E-state index is 12.3. The minimum atomic E-state index is -0.861. The highest BCUT2D eigenvalue weighted by Gasteiger charge is 2.40. The summed E-state index contributed by atoms with van der Waals surface area (Å²) in [7, 11) is 1.49. The number of esters is 1. The molecule has 132 valence electrons. The zero-order chi connectivity index (χ0) is 17.9. The molecule has 0 amide bonds. The lowest BCUT2D eigenvalue weighted by Crippen LogP contribution is -2.10. The first kappa shape index (κ1) is 18.3. The molecule has 0 unspecified atom stereocenters. The van der Waals surface area contributed by atoms with E-state index in [0.717, 1.165) is 5.57 Å². The number of benzene rings is 1. The number of carbonyl (C=O) groups is 1. The number of hydrogen-bond donors (Lipinski definition) is 1. The molecule has 1 N–H and O–H groups in total. The van der Waals surface area contributed by atoms with Gasteiger partial charge < -0.3 is 24.1 Å². The van der Waals surface area contributed by atoms with E-state index in [1.165, 1.54) is 7.11 Å². The molecule has 1 heterocycles. The Labute approximate surface area is 142 Å². The summed E-state index contributed by atoms with van der Waals surface area (Å²) in [6.45, 7) is 7.98. The molecule has 24 heavy (non-hydrogen) atoms. The molecule has 1 aromatic rings. The van der Waals surface area contributed by atoms with Gasteiger partial charge in [-0.05, 0) is 33.8 Å². The van der Waals surface area contributed by atoms with Gasteiger partial charge in [0, 0.05) is 23.3 Å². The van der Waals surface area contributed by atoms with E-state index in [9.17, 15) is 9.90 Å². The van der Waals surface area contributed by atoms with Gasteiger partial charge in [0.15, 0.2) is 0 Å². The highest BCUT2D eigenvalue weighted by atomic mass is 16.7. The van der Waals surface area contributed by atoms with E-state index < -0.39 is 12.3 Å². The van der Waals surface area contributed by atoms with Crippen LogP contribution < -0.4 is 9.47 Å². The Kier molecular flexibility index (Phi) is 5.85. The van der Waals surface area contributed by atoms with E-state index in [2.05, 4.69) is 0 Å². The van der Waals surface area contributed by atoms with Crippen LogP contribution in [0.5, 0.6) is 11.5 Å². The fourth-order valence-corrected chi connectivity index (χ4v) is 2.76. The first-order valence-electron chi connectivity index (χ1n) is 7.89. The minimum Gasteiger partial charge on any atom is -0.495 e. The summed E-state index contributed by atoms with van der Waals surface area (Å²) < 4.78 is 22.1. The van der Waals surface area contributed by atoms with Gasteiger partial charge in [0.1, 0.15) is 23.7 Å². The van der Waals surface area contributed by atoms with E-state index in [1.54, 1.807) is 6.92 Å². The van der Waals surface area contributed by atoms with Crippen LogP contribution in [0.2, 0.25) is 0 Å². The molecule has 6 heteroatoms. The van der Waals surface area contributed by atoms with E-state index in [1.807, 2.05) is 26.8 Å². The Morgan fingerprint density at radius 2 is 2.04 bits per heavy atom. The second-order valence-electron chi connectivity index (χ2n) is 5.70. The monoisotopic (exact) mass is 336 g/mol. The fourth-order valence-electron chi connectivity index (χ4n) is 2.76. The number of fused-ring (bicyclic) bond motifs is 1. The van der Waals surface area contributed by atoms with Crippen molar-refractivity contribution in [3.05, 3.63) is 33.9 Å². The van der Waals surface area contributed by atoms with Crippen molar-refractivity contribution in [3.8, 4) is 11.5 Å². The van der Waals surface area contributed by atoms with Gasteiger partial charge in [-0.25, -0.2) is 4.79 Å². The SMILES string of the molecule is CCO[C@@H]1OC(=O)c2c(OC)c(C)c(OCC=C(C)C)c(CO)c21. The topological polar surface area (TPSA) is 74.2 Å². The van der Waals surface area contributed by atoms with Gasteiger partial charge in [0.2, 0.25) is 6.29 Å². The Bertz CT molecular complexity index is 658. The van der Waals surface area contributed by atoms with Crippen LogP contribution in [-0.4, -0.2) is 31.4 Å². The summed E-state index contributed by atoms with van der Waals surface area (Å²) in [6, 6.07) is 0. The lowest BCUT2D eigenvalue weighted by atomic mass is 9.96. The number of carbonyl (C=O) groups excluding carboxylic acids is 1. The molecule has 1 aliphatic heterocycles. The molecule has 0 fully saturated rings. The first-order chi connectivity index (χ1) is 11.5. The van der Waals surface area contributed by atoms with Crippen molar-refractivity contribution in [2.24, 2.45) is 0 Å². The largest absolute Gasteiger partial charge is 0.495 e. The van der Waals surface area contributed by atoms with Gasteiger partial charge in [0.25, 0.3) is 0 Å². The number of methoxy groups -OCH3 is 1. The van der Waals surface area contributed by atoms with E-state index in [0.29, 0.717) is 47.0 Å². The summed E-state index contributed by atoms with van der Waals surface area (Å²) in [5, 5.41) is 9.89. The molecule has 0 saturated carbocycles. The Morgan fingerprint density at radius 1 is 1.33 bits per heavy atom. The van der Waals surface area contributed by atoms with Crippen LogP contribution in [0.25, 0.3) is 0 Å². The number of ether oxygens (including phenoxy) is 4. The molecule has 1 aliphatic rings. The summed E-state index contributed by atoms with van der Waals surface area (Å²) in [5.74, 6) is 0.365. The number of cyclic esters (lactones) is 1. The molecule has 2 rings (SSSR count). The molecule has 0 aliphatic carbocycles. The zero-order valence-corrected chi connectivity index (χ0v) is 14.8. The second kappa shape index (κ2) is 7.68. The molecule has 0 bridgehead atoms. The number of aliphatic hydroxyl groups is 1. The van der Waals surface area contributed by atoms with Crippen molar-refractivity contribution in [1.82, 2.24) is 0 Å². The van der Waals surface area contributed by atoms with Crippen LogP contribution in [-0.2, 0) is 16.1 Å². The first-order valence-corrected chi connectivity index (χ1v) is 7.89. The van der Waals surface area contributed by atoms with Gasteiger partial charge in [-0.2, -0.15) is 0 Å². The molecule has 0 radical (unpaired) electrons. The predicted molar refractivity (Wildman–Crippen MR) is 88.4 cm³/mol. The maximum Gasteiger partial charge on any atom is 0.345 e. The van der Waals surface area contributed by atoms with Crippen LogP contribution in [0, 0.1) is 6.92 Å². The zero-order valence-electron chi connectivity index (χ0n) is 14.8. The third kappa shape index (κ3) is 3.25. The van der Waals surface area contributed by atoms with Crippen LogP contribution in [0.1, 0.15) is 54.1 Å². The van der Waals surface area contributed by atoms with Gasteiger partial charge in [-0.15, -0.1) is 0 Å². The molecule has 0 saturated heterocycles. The van der Waals surface area contributed by atoms with Crippen LogP contribution in [0.3, 0.4) is 0 Å². The van der Waals surface area contributed by atoms with Crippen molar-refractivity contribution < 1.29 is 28.8 Å². The quantitative estimate of drug-likeness (QED) is 0.609. The van der Waals surface area contributed by atoms with Gasteiger partial charge in [-0.3, -0.25) is 0 Å². The number of allylic oxidation sites excluding steroid dienone is 1. The van der Waals surface area contributed by atoms with Crippen LogP contribution >= 0.6 is 0 Å². The summed E-state index contributed by atoms with van der Waals surface area (Å²) >= 11 is 0. The summed E-state index contributed by atoms with van der Waals surface area (Å²) in [4.78, 5) is 12.3. The smallest absolute Gasteiger partial charge is 0.345 e. The number of rotatable bonds is 7. The normalized spacial score (nSPS) is 15.8. The van der Waals surface area contributed by atoms with Crippen molar-refractivity contribution in [2.45, 2.75) is 40.6 Å². The van der Waals surface area contributed by atoms with E-state index in [-0.39, 0.29) is 6.61 Å². The Morgan fingerprint density at radius 3 is 2.58 bits per heavy atom. The molecular formula is C18H24O6. The molecule has 1 atom stereocenters. The molecule has 6 nitrogen and oxygen atoms in total. The molecule has 0 aromatic heterocycles. The third-order valence-electron chi connectivity index (χ3n) is 3.83. The Hall–Kier alpha value is -2.05. The van der Waals surface area contributed by atoms with Gasteiger partial charge >= 0.3 is 5.97 Å². The number of hydrogen-bond acceptors (Lipinski definition) is 6. The standard InChI is InChI=1S/C18H24O6/c1-6-22-18-13-12(9-19)15(23-8-7-10(2)3)11(4)16(21-5)14(13)17(20)24-18/h7,18-19H,6,8-9H2,1-5H3/t18-/m1/s1. The van der Waals surface area contributed by atoms with E-state index in [4.69, 9.17) is 18.9 Å². The summed E-state index contributed by atoms with van der Waals surface area (Å²) in [5.41, 5.74) is 3.05. The third-order valence-corrected chi connectivity index (χ3v) is 3.83. The molecular weight excluding hydrogens is 312 g/mol. The number of aliphatic hydroxyl groups excluding tert-OH is 1. The average molecular weight is 336 g/mol. The highest BCUT2D eigenvalue weighted by Crippen LogP contribution is 2.46. The predicted octanol–water partition coefficient (Wildman–Crippen LogP) is 3.05. The molecule has 1 aromatic carbocycles. The second-order valence-corrected chi connectivity index (χ2v) is 5.70. The van der Waals surface area contributed by atoms with Crippen LogP contribution in [0.15, 0.2) is 11.6 Å². The highest BCUT2D eigenvalue weighted by molar-refractivity contribution is 5.98. The van der Waals surface area contributed by atoms with E-state index >= 15 is 0 Å². The van der Waals surface area contributed by atoms with Crippen molar-refractivity contribution in [2.75, 3.05) is 20.3 Å².